The molecule has 5 heteroatoms. The smallest absolute Gasteiger partial charge is 0.194 e. The van der Waals surface area contributed by atoms with Crippen molar-refractivity contribution in [1.82, 2.24) is 0 Å². The van der Waals surface area contributed by atoms with E-state index < -0.39 is 11.6 Å². The fourth-order valence-corrected chi connectivity index (χ4v) is 1.42. The number of benzene rings is 1. The molecule has 0 amide bonds. The standard InChI is InChI=1S/C11H16FNO2.HI/c1-13(2,3)7-8-5-9(12)11(14)10(6-8)15-4;/h5-6H,7H2,1-4H3;1H. The van der Waals surface area contributed by atoms with E-state index in [1.807, 2.05) is 21.1 Å². The van der Waals surface area contributed by atoms with E-state index in [0.717, 1.165) is 5.56 Å². The quantitative estimate of drug-likeness (QED) is 0.550. The first-order valence-corrected chi connectivity index (χ1v) is 4.69. The molecule has 16 heavy (non-hydrogen) atoms. The highest BCUT2D eigenvalue weighted by atomic mass is 127. The van der Waals surface area contributed by atoms with Gasteiger partial charge in [0.25, 0.3) is 0 Å². The molecule has 0 aliphatic carbocycles. The van der Waals surface area contributed by atoms with Crippen molar-refractivity contribution in [2.75, 3.05) is 28.3 Å². The first-order valence-electron chi connectivity index (χ1n) is 4.69. The summed E-state index contributed by atoms with van der Waals surface area (Å²) in [6, 6.07) is 2.99. The number of aromatic hydroxyl groups is 1. The average molecular weight is 341 g/mol. The van der Waals surface area contributed by atoms with E-state index in [1.54, 1.807) is 6.07 Å². The summed E-state index contributed by atoms with van der Waals surface area (Å²) in [5.74, 6) is -0.890. The van der Waals surface area contributed by atoms with Gasteiger partial charge in [-0.2, -0.15) is 0 Å². The van der Waals surface area contributed by atoms with Crippen LogP contribution in [0.3, 0.4) is 0 Å². The number of halogens is 2. The molecule has 0 bridgehead atoms. The summed E-state index contributed by atoms with van der Waals surface area (Å²) in [6.45, 7) is 0.674. The lowest BCUT2D eigenvalue weighted by molar-refractivity contribution is -0.884. The Morgan fingerprint density at radius 1 is 1.31 bits per heavy atom. The van der Waals surface area contributed by atoms with E-state index >= 15 is 0 Å². The Morgan fingerprint density at radius 2 is 1.88 bits per heavy atom. The Labute approximate surface area is 112 Å². The lowest BCUT2D eigenvalue weighted by Gasteiger charge is -2.24. The summed E-state index contributed by atoms with van der Waals surface area (Å²) in [7, 11) is 7.44. The second-order valence-electron chi connectivity index (χ2n) is 4.58. The Hall–Kier alpha value is -0.560. The first kappa shape index (κ1) is 15.4. The van der Waals surface area contributed by atoms with Crippen LogP contribution < -0.4 is 28.7 Å². The number of ether oxygens (including phenoxy) is 1. The Balaban J connectivity index is 0.00000225. The van der Waals surface area contributed by atoms with Gasteiger partial charge in [0, 0.05) is 5.56 Å². The highest BCUT2D eigenvalue weighted by Crippen LogP contribution is 2.30. The topological polar surface area (TPSA) is 29.5 Å². The number of hydrogen-bond acceptors (Lipinski definition) is 2. The number of hydrogen-bond donors (Lipinski definition) is 1. The van der Waals surface area contributed by atoms with Crippen molar-refractivity contribution >= 4 is 0 Å². The van der Waals surface area contributed by atoms with Gasteiger partial charge >= 0.3 is 0 Å². The van der Waals surface area contributed by atoms with Gasteiger partial charge in [-0.1, -0.05) is 0 Å². The van der Waals surface area contributed by atoms with E-state index in [9.17, 15) is 9.50 Å². The van der Waals surface area contributed by atoms with Gasteiger partial charge in [0.2, 0.25) is 0 Å². The summed E-state index contributed by atoms with van der Waals surface area (Å²) >= 11 is 0. The molecule has 0 spiro atoms. The molecule has 0 saturated heterocycles. The van der Waals surface area contributed by atoms with Crippen LogP contribution >= 0.6 is 0 Å². The maximum Gasteiger partial charge on any atom is 0.194 e. The SMILES string of the molecule is COc1cc(C[N+](C)(C)C)cc(F)c1O.[I-]. The minimum absolute atomic E-state index is 0. The summed E-state index contributed by atoms with van der Waals surface area (Å²) in [4.78, 5) is 0. The predicted molar refractivity (Wildman–Crippen MR) is 56.4 cm³/mol. The largest absolute Gasteiger partial charge is 1.00 e. The minimum atomic E-state index is -0.641. The number of nitrogens with zero attached hydrogens (tertiary/aromatic N) is 1. The van der Waals surface area contributed by atoms with Gasteiger partial charge in [-0.25, -0.2) is 4.39 Å². The van der Waals surface area contributed by atoms with Crippen molar-refractivity contribution in [3.05, 3.63) is 23.5 Å². The summed E-state index contributed by atoms with van der Waals surface area (Å²) in [6.07, 6.45) is 0. The third-order valence-corrected chi connectivity index (χ3v) is 1.97. The third-order valence-electron chi connectivity index (χ3n) is 1.97. The molecule has 0 aliphatic rings. The maximum absolute atomic E-state index is 13.3. The molecule has 1 aromatic carbocycles. The van der Waals surface area contributed by atoms with Gasteiger partial charge in [0.15, 0.2) is 17.3 Å². The molecule has 3 nitrogen and oxygen atoms in total. The maximum atomic E-state index is 13.3. The summed E-state index contributed by atoms with van der Waals surface area (Å²) in [5.41, 5.74) is 0.801. The summed E-state index contributed by atoms with van der Waals surface area (Å²) in [5, 5.41) is 9.32. The second-order valence-corrected chi connectivity index (χ2v) is 4.58. The van der Waals surface area contributed by atoms with Crippen molar-refractivity contribution in [2.45, 2.75) is 6.54 Å². The number of quaternary nitrogens is 1. The van der Waals surface area contributed by atoms with Crippen molar-refractivity contribution in [3.63, 3.8) is 0 Å². The van der Waals surface area contributed by atoms with Crippen LogP contribution in [0.25, 0.3) is 0 Å². The van der Waals surface area contributed by atoms with Gasteiger partial charge in [0.05, 0.1) is 28.3 Å². The van der Waals surface area contributed by atoms with Crippen LogP contribution in [0.15, 0.2) is 12.1 Å². The van der Waals surface area contributed by atoms with Crippen molar-refractivity contribution in [2.24, 2.45) is 0 Å². The van der Waals surface area contributed by atoms with Crippen LogP contribution in [0.2, 0.25) is 0 Å². The van der Waals surface area contributed by atoms with E-state index in [2.05, 4.69) is 0 Å². The Kier molecular flexibility index (Phi) is 5.48. The Bertz CT molecular complexity index is 364. The van der Waals surface area contributed by atoms with Crippen molar-refractivity contribution < 1.29 is 42.7 Å². The van der Waals surface area contributed by atoms with Crippen LogP contribution in [-0.2, 0) is 6.54 Å². The van der Waals surface area contributed by atoms with Crippen molar-refractivity contribution in [3.8, 4) is 11.5 Å². The van der Waals surface area contributed by atoms with Crippen LogP contribution in [0.5, 0.6) is 11.5 Å². The predicted octanol–water partition coefficient (Wildman–Crippen LogP) is -1.25. The second kappa shape index (κ2) is 5.67. The lowest BCUT2D eigenvalue weighted by atomic mass is 10.1. The lowest BCUT2D eigenvalue weighted by Crippen LogP contribution is -3.00. The normalized spacial score (nSPS) is 10.8. The molecule has 0 fully saturated rings. The number of rotatable bonds is 3. The van der Waals surface area contributed by atoms with Gasteiger partial charge < -0.3 is 38.3 Å². The van der Waals surface area contributed by atoms with Gasteiger partial charge in [-0.3, -0.25) is 0 Å². The molecule has 0 radical (unpaired) electrons. The Morgan fingerprint density at radius 3 is 2.31 bits per heavy atom. The van der Waals surface area contributed by atoms with Gasteiger partial charge in [-0.15, -0.1) is 0 Å². The van der Waals surface area contributed by atoms with E-state index in [1.165, 1.54) is 13.2 Å². The van der Waals surface area contributed by atoms with Crippen LogP contribution in [0, 0.1) is 5.82 Å². The van der Waals surface area contributed by atoms with Crippen LogP contribution in [-0.4, -0.2) is 37.8 Å². The molecule has 1 N–H and O–H groups in total. The molecular weight excluding hydrogens is 324 g/mol. The first-order chi connectivity index (χ1) is 6.83. The molecule has 1 aromatic rings. The molecule has 0 atom stereocenters. The van der Waals surface area contributed by atoms with Crippen LogP contribution in [0.1, 0.15) is 5.56 Å². The highest BCUT2D eigenvalue weighted by Gasteiger charge is 2.14. The molecule has 0 heterocycles. The van der Waals surface area contributed by atoms with E-state index in [4.69, 9.17) is 4.74 Å². The zero-order valence-electron chi connectivity index (χ0n) is 9.92. The number of methoxy groups -OCH3 is 1. The molecule has 0 aromatic heterocycles. The highest BCUT2D eigenvalue weighted by molar-refractivity contribution is 5.42. The zero-order chi connectivity index (χ0) is 11.6. The third kappa shape index (κ3) is 4.13. The fraction of sp³-hybridized carbons (Fsp3) is 0.455. The molecule has 0 aliphatic heterocycles. The average Bonchev–Trinajstić information content (AvgIpc) is 2.08. The molecule has 0 saturated carbocycles. The molecule has 1 rings (SSSR count). The number of phenolic OH excluding ortho intramolecular Hbond substituents is 1. The van der Waals surface area contributed by atoms with Gasteiger partial charge in [0.1, 0.15) is 6.54 Å². The van der Waals surface area contributed by atoms with E-state index in [0.29, 0.717) is 11.0 Å². The zero-order valence-corrected chi connectivity index (χ0v) is 12.1. The van der Waals surface area contributed by atoms with Gasteiger partial charge in [-0.05, 0) is 12.1 Å². The summed E-state index contributed by atoms with van der Waals surface area (Å²) < 4.78 is 18.8. The minimum Gasteiger partial charge on any atom is -1.00 e. The molecule has 0 unspecified atom stereocenters. The van der Waals surface area contributed by atoms with E-state index in [-0.39, 0.29) is 29.7 Å². The molecular formula is C11H17FINO2. The number of phenols is 1. The van der Waals surface area contributed by atoms with Crippen molar-refractivity contribution in [1.29, 1.82) is 0 Å². The monoisotopic (exact) mass is 341 g/mol. The fourth-order valence-electron chi connectivity index (χ4n) is 1.42. The molecule has 92 valence electrons. The van der Waals surface area contributed by atoms with Crippen LogP contribution in [0.4, 0.5) is 4.39 Å².